The van der Waals surface area contributed by atoms with Crippen LogP contribution in [0.15, 0.2) is 35.3 Å². The van der Waals surface area contributed by atoms with Gasteiger partial charge in [0, 0.05) is 50.0 Å². The smallest absolute Gasteiger partial charge is 0.351 e. The van der Waals surface area contributed by atoms with Crippen molar-refractivity contribution in [3.05, 3.63) is 41.5 Å². The first-order chi connectivity index (χ1) is 12.3. The highest BCUT2D eigenvalue weighted by atomic mass is 32.2. The number of aromatic amines is 1. The number of carbonyl (C=O) groups is 1. The summed E-state index contributed by atoms with van der Waals surface area (Å²) in [5.41, 5.74) is 4.10. The third-order valence-corrected chi connectivity index (χ3v) is 6.21. The second-order valence-electron chi connectivity index (χ2n) is 7.11. The Morgan fingerprint density at radius 3 is 2.73 bits per heavy atom. The number of aliphatic carboxylic acids is 1. The lowest BCUT2D eigenvalue weighted by Gasteiger charge is -2.27. The molecule has 3 aromatic rings. The molecule has 5 nitrogen and oxygen atoms in total. The van der Waals surface area contributed by atoms with Gasteiger partial charge in [-0.2, -0.15) is 0 Å². The molecule has 4 rings (SSSR count). The van der Waals surface area contributed by atoms with Gasteiger partial charge in [0.05, 0.1) is 5.69 Å². The van der Waals surface area contributed by atoms with E-state index in [1.54, 1.807) is 6.26 Å². The van der Waals surface area contributed by atoms with Gasteiger partial charge in [-0.15, -0.1) is 0 Å². The summed E-state index contributed by atoms with van der Waals surface area (Å²) < 4.78 is 11.7. The van der Waals surface area contributed by atoms with E-state index in [-0.39, 0.29) is 5.71 Å². The highest BCUT2D eigenvalue weighted by Gasteiger charge is 2.44. The number of aryl methyl sites for hydroxylation is 1. The number of aliphatic imine (C=N–C) groups is 1. The average molecular weight is 368 g/mol. The van der Waals surface area contributed by atoms with E-state index in [0.717, 1.165) is 32.9 Å². The highest BCUT2D eigenvalue weighted by Crippen LogP contribution is 2.47. The van der Waals surface area contributed by atoms with Gasteiger partial charge in [-0.05, 0) is 43.5 Å². The van der Waals surface area contributed by atoms with Gasteiger partial charge >= 0.3 is 5.97 Å². The first kappa shape index (κ1) is 17.0. The van der Waals surface area contributed by atoms with Crippen molar-refractivity contribution in [3.8, 4) is 0 Å². The molecule has 0 radical (unpaired) electrons. The highest BCUT2D eigenvalue weighted by molar-refractivity contribution is 7.84. The summed E-state index contributed by atoms with van der Waals surface area (Å²) in [4.78, 5) is 19.8. The molecule has 1 aliphatic rings. The summed E-state index contributed by atoms with van der Waals surface area (Å²) in [7, 11) is -0.994. The minimum Gasteiger partial charge on any atom is -0.477 e. The number of hydrogen-bond acceptors (Lipinski definition) is 3. The lowest BCUT2D eigenvalue weighted by molar-refractivity contribution is -0.129. The third-order valence-electron chi connectivity index (χ3n) is 5.43. The van der Waals surface area contributed by atoms with E-state index in [9.17, 15) is 14.1 Å². The van der Waals surface area contributed by atoms with Gasteiger partial charge in [-0.1, -0.05) is 18.2 Å². The minimum atomic E-state index is -1.02. The molecule has 0 spiro atoms. The van der Waals surface area contributed by atoms with Gasteiger partial charge in [0.1, 0.15) is 5.71 Å². The van der Waals surface area contributed by atoms with Gasteiger partial charge in [0.2, 0.25) is 0 Å². The molecule has 0 saturated carbocycles. The largest absolute Gasteiger partial charge is 0.477 e. The van der Waals surface area contributed by atoms with Crippen molar-refractivity contribution in [2.24, 2.45) is 4.99 Å². The second-order valence-corrected chi connectivity index (χ2v) is 8.67. The Bertz CT molecular complexity index is 1130. The fourth-order valence-corrected chi connectivity index (χ4v) is 4.85. The van der Waals surface area contributed by atoms with Crippen molar-refractivity contribution in [2.45, 2.75) is 25.7 Å². The molecule has 6 heteroatoms. The van der Waals surface area contributed by atoms with Crippen molar-refractivity contribution in [2.75, 3.05) is 12.0 Å². The van der Waals surface area contributed by atoms with E-state index in [4.69, 9.17) is 0 Å². The molecular formula is C20H20N2O3S. The monoisotopic (exact) mass is 368 g/mol. The van der Waals surface area contributed by atoms with Crippen LogP contribution in [-0.4, -0.2) is 38.0 Å². The molecule has 0 bridgehead atoms. The van der Waals surface area contributed by atoms with Crippen LogP contribution >= 0.6 is 0 Å². The number of nitrogens with one attached hydrogen (secondary N) is 1. The maximum atomic E-state index is 11.9. The van der Waals surface area contributed by atoms with Crippen LogP contribution in [-0.2, 0) is 21.0 Å². The van der Waals surface area contributed by atoms with E-state index < -0.39 is 22.2 Å². The maximum absolute atomic E-state index is 11.9. The van der Waals surface area contributed by atoms with Gasteiger partial charge in [0.25, 0.3) is 0 Å². The summed E-state index contributed by atoms with van der Waals surface area (Å²) in [6.07, 6.45) is 2.13. The topological polar surface area (TPSA) is 82.5 Å². The van der Waals surface area contributed by atoms with E-state index in [1.807, 2.05) is 38.1 Å². The number of benzene rings is 2. The van der Waals surface area contributed by atoms with Gasteiger partial charge in [-0.25, -0.2) is 9.79 Å². The average Bonchev–Trinajstić information content (AvgIpc) is 3.10. The van der Waals surface area contributed by atoms with Gasteiger partial charge in [-0.3, -0.25) is 4.21 Å². The third kappa shape index (κ3) is 2.32. The molecule has 26 heavy (non-hydrogen) atoms. The van der Waals surface area contributed by atoms with Crippen molar-refractivity contribution < 1.29 is 14.1 Å². The van der Waals surface area contributed by atoms with Crippen LogP contribution in [0.25, 0.3) is 21.8 Å². The molecule has 2 aromatic carbocycles. The fourth-order valence-electron chi connectivity index (χ4n) is 4.16. The molecule has 1 aromatic heterocycles. The zero-order valence-electron chi connectivity index (χ0n) is 14.9. The van der Waals surface area contributed by atoms with Crippen LogP contribution in [0.1, 0.15) is 24.5 Å². The summed E-state index contributed by atoms with van der Waals surface area (Å²) in [6, 6.07) is 10.0. The molecule has 134 valence electrons. The summed E-state index contributed by atoms with van der Waals surface area (Å²) in [5.74, 6) is -0.578. The molecule has 2 unspecified atom stereocenters. The first-order valence-electron chi connectivity index (χ1n) is 8.50. The minimum absolute atomic E-state index is 0.137. The SMILES string of the molecule is Cc1c2c(cc3c1[nH]c1ccccc13)N=C(C(=O)O)C2(C)CCS(C)=O. The Morgan fingerprint density at radius 2 is 2.04 bits per heavy atom. The number of para-hydroxylation sites is 1. The first-order valence-corrected chi connectivity index (χ1v) is 10.2. The summed E-state index contributed by atoms with van der Waals surface area (Å²) in [5, 5.41) is 11.9. The van der Waals surface area contributed by atoms with Crippen LogP contribution in [0, 0.1) is 6.92 Å². The predicted octanol–water partition coefficient (Wildman–Crippen LogP) is 3.83. The number of carboxylic acid groups (broad SMARTS) is 1. The molecule has 2 N–H and O–H groups in total. The number of fused-ring (bicyclic) bond motifs is 4. The Labute approximate surface area is 153 Å². The van der Waals surface area contributed by atoms with E-state index >= 15 is 0 Å². The van der Waals surface area contributed by atoms with Crippen LogP contribution in [0.5, 0.6) is 0 Å². The van der Waals surface area contributed by atoms with Crippen molar-refractivity contribution >= 4 is 50.0 Å². The molecule has 0 fully saturated rings. The zero-order valence-corrected chi connectivity index (χ0v) is 15.7. The van der Waals surface area contributed by atoms with Crippen LogP contribution in [0.4, 0.5) is 5.69 Å². The second kappa shape index (κ2) is 5.77. The summed E-state index contributed by atoms with van der Waals surface area (Å²) >= 11 is 0. The zero-order chi connectivity index (χ0) is 18.6. The van der Waals surface area contributed by atoms with E-state index in [0.29, 0.717) is 17.9 Å². The van der Waals surface area contributed by atoms with E-state index in [1.165, 1.54) is 0 Å². The quantitative estimate of drug-likeness (QED) is 0.734. The van der Waals surface area contributed by atoms with Crippen molar-refractivity contribution in [3.63, 3.8) is 0 Å². The Kier molecular flexibility index (Phi) is 3.77. The molecule has 2 heterocycles. The lowest BCUT2D eigenvalue weighted by atomic mass is 9.75. The van der Waals surface area contributed by atoms with Crippen LogP contribution < -0.4 is 0 Å². The molecular weight excluding hydrogens is 348 g/mol. The molecule has 1 aliphatic heterocycles. The maximum Gasteiger partial charge on any atom is 0.351 e. The summed E-state index contributed by atoms with van der Waals surface area (Å²) in [6.45, 7) is 3.91. The number of carboxylic acids is 1. The van der Waals surface area contributed by atoms with E-state index in [2.05, 4.69) is 16.0 Å². The Balaban J connectivity index is 2.02. The predicted molar refractivity (Wildman–Crippen MR) is 106 cm³/mol. The standard InChI is InChI=1S/C20H20N2O3S/c1-11-16-15(10-13-12-6-4-5-7-14(12)21-17(11)13)22-18(19(23)24)20(16,2)8-9-26(3)25/h4-7,10,21H,8-9H2,1-3H3,(H,23,24). The van der Waals surface area contributed by atoms with Crippen molar-refractivity contribution in [1.29, 1.82) is 0 Å². The normalized spacial score (nSPS) is 20.3. The fraction of sp³-hybridized carbons (Fsp3) is 0.300. The Morgan fingerprint density at radius 1 is 1.31 bits per heavy atom. The van der Waals surface area contributed by atoms with Crippen LogP contribution in [0.3, 0.4) is 0 Å². The number of hydrogen-bond donors (Lipinski definition) is 2. The molecule has 0 saturated heterocycles. The van der Waals surface area contributed by atoms with Gasteiger partial charge in [0.15, 0.2) is 0 Å². The molecule has 0 amide bonds. The lowest BCUT2D eigenvalue weighted by Crippen LogP contribution is -2.37. The number of H-pyrrole nitrogens is 1. The van der Waals surface area contributed by atoms with Gasteiger partial charge < -0.3 is 10.1 Å². The molecule has 0 aliphatic carbocycles. The number of rotatable bonds is 4. The Hall–Kier alpha value is -2.47. The van der Waals surface area contributed by atoms with Crippen LogP contribution in [0.2, 0.25) is 0 Å². The van der Waals surface area contributed by atoms with Crippen molar-refractivity contribution in [1.82, 2.24) is 4.98 Å². The number of aromatic nitrogens is 1. The molecule has 2 atom stereocenters. The number of nitrogens with zero attached hydrogens (tertiary/aromatic N) is 1.